The van der Waals surface area contributed by atoms with E-state index >= 15 is 0 Å². The summed E-state index contributed by atoms with van der Waals surface area (Å²) in [7, 11) is 0. The summed E-state index contributed by atoms with van der Waals surface area (Å²) in [4.78, 5) is 35.9. The number of carbonyl (C=O) groups is 1. The van der Waals surface area contributed by atoms with Crippen molar-refractivity contribution in [3.63, 3.8) is 0 Å². The van der Waals surface area contributed by atoms with Gasteiger partial charge in [0.05, 0.1) is 6.04 Å². The Kier molecular flexibility index (Phi) is 7.90. The van der Waals surface area contributed by atoms with E-state index in [-0.39, 0.29) is 23.7 Å². The zero-order valence-corrected chi connectivity index (χ0v) is 23.5. The molecule has 0 radical (unpaired) electrons. The van der Waals surface area contributed by atoms with Gasteiger partial charge in [-0.15, -0.1) is 0 Å². The monoisotopic (exact) mass is 517 g/mol. The van der Waals surface area contributed by atoms with Crippen molar-refractivity contribution in [3.05, 3.63) is 70.2 Å². The van der Waals surface area contributed by atoms with Crippen LogP contribution in [-0.2, 0) is 4.74 Å². The maximum absolute atomic E-state index is 12.7. The van der Waals surface area contributed by atoms with Crippen LogP contribution < -0.4 is 10.9 Å². The average molecular weight is 518 g/mol. The van der Waals surface area contributed by atoms with Crippen LogP contribution in [0.5, 0.6) is 0 Å². The van der Waals surface area contributed by atoms with Crippen molar-refractivity contribution in [2.45, 2.75) is 72.6 Å². The maximum Gasteiger partial charge on any atom is 0.410 e. The van der Waals surface area contributed by atoms with Crippen molar-refractivity contribution in [3.8, 4) is 0 Å². The number of hydrogen-bond acceptors (Lipinski definition) is 6. The fourth-order valence-electron chi connectivity index (χ4n) is 4.49. The zero-order chi connectivity index (χ0) is 27.6. The SMILES string of the molecule is CC(C)[C@H](C)n1c(=O)ccc2cnc(N[C@@H](C)c3ccc(C4=CCN(C(=O)OC(C)(C)C)CC4)cc3)nc21. The minimum atomic E-state index is -0.494. The number of pyridine rings is 1. The van der Waals surface area contributed by atoms with Crippen molar-refractivity contribution in [2.24, 2.45) is 5.92 Å². The highest BCUT2D eigenvalue weighted by Gasteiger charge is 2.24. The second-order valence-corrected chi connectivity index (χ2v) is 11.4. The van der Waals surface area contributed by atoms with Crippen LogP contribution in [0.3, 0.4) is 0 Å². The molecular weight excluding hydrogens is 478 g/mol. The number of nitrogens with zero attached hydrogens (tertiary/aromatic N) is 4. The third-order valence-corrected chi connectivity index (χ3v) is 7.03. The van der Waals surface area contributed by atoms with Gasteiger partial charge in [0.15, 0.2) is 0 Å². The van der Waals surface area contributed by atoms with Gasteiger partial charge in [0, 0.05) is 36.8 Å². The van der Waals surface area contributed by atoms with E-state index in [1.54, 1.807) is 27.8 Å². The summed E-state index contributed by atoms with van der Waals surface area (Å²) in [6.07, 6.45) is 4.38. The molecular formula is C30H39N5O3. The number of benzene rings is 1. The smallest absolute Gasteiger partial charge is 0.410 e. The van der Waals surface area contributed by atoms with Crippen molar-refractivity contribution < 1.29 is 9.53 Å². The Balaban J connectivity index is 1.46. The van der Waals surface area contributed by atoms with E-state index in [1.807, 2.05) is 27.7 Å². The van der Waals surface area contributed by atoms with Crippen LogP contribution in [0, 0.1) is 5.92 Å². The van der Waals surface area contributed by atoms with Gasteiger partial charge in [0.1, 0.15) is 11.2 Å². The minimum absolute atomic E-state index is 0.0178. The second-order valence-electron chi connectivity index (χ2n) is 11.4. The molecule has 3 aromatic rings. The van der Waals surface area contributed by atoms with E-state index in [0.717, 1.165) is 22.9 Å². The average Bonchev–Trinajstić information content (AvgIpc) is 2.87. The first-order chi connectivity index (χ1) is 17.9. The molecule has 0 unspecified atom stereocenters. The third-order valence-electron chi connectivity index (χ3n) is 7.03. The van der Waals surface area contributed by atoms with Crippen LogP contribution in [0.25, 0.3) is 16.6 Å². The topological polar surface area (TPSA) is 89.4 Å². The van der Waals surface area contributed by atoms with Crippen LogP contribution >= 0.6 is 0 Å². The molecule has 3 heterocycles. The van der Waals surface area contributed by atoms with Crippen LogP contribution in [0.2, 0.25) is 0 Å². The Morgan fingerprint density at radius 3 is 2.37 bits per heavy atom. The van der Waals surface area contributed by atoms with Crippen molar-refractivity contribution >= 4 is 28.6 Å². The number of aromatic nitrogens is 3. The second kappa shape index (κ2) is 11.0. The third kappa shape index (κ3) is 6.23. The Bertz CT molecular complexity index is 1390. The van der Waals surface area contributed by atoms with Gasteiger partial charge in [-0.1, -0.05) is 44.2 Å². The zero-order valence-electron chi connectivity index (χ0n) is 23.5. The predicted octanol–water partition coefficient (Wildman–Crippen LogP) is 6.21. The maximum atomic E-state index is 12.7. The molecule has 1 aliphatic rings. The summed E-state index contributed by atoms with van der Waals surface area (Å²) < 4.78 is 7.25. The van der Waals surface area contributed by atoms with E-state index in [4.69, 9.17) is 9.72 Å². The molecule has 1 amide bonds. The molecule has 0 spiro atoms. The van der Waals surface area contributed by atoms with Gasteiger partial charge in [-0.3, -0.25) is 9.36 Å². The molecule has 0 bridgehead atoms. The molecule has 38 heavy (non-hydrogen) atoms. The fraction of sp³-hybridized carbons (Fsp3) is 0.467. The fourth-order valence-corrected chi connectivity index (χ4v) is 4.49. The number of nitrogens with one attached hydrogen (secondary N) is 1. The highest BCUT2D eigenvalue weighted by Crippen LogP contribution is 2.26. The lowest BCUT2D eigenvalue weighted by atomic mass is 9.97. The Labute approximate surface area is 224 Å². The summed E-state index contributed by atoms with van der Waals surface area (Å²) in [5.74, 6) is 0.781. The molecule has 0 saturated carbocycles. The largest absolute Gasteiger partial charge is 0.444 e. The number of fused-ring (bicyclic) bond motifs is 1. The number of amides is 1. The van der Waals surface area contributed by atoms with Gasteiger partial charge >= 0.3 is 6.09 Å². The normalized spacial score (nSPS) is 15.8. The summed E-state index contributed by atoms with van der Waals surface area (Å²) in [6, 6.07) is 11.8. The molecule has 202 valence electrons. The van der Waals surface area contributed by atoms with Crippen molar-refractivity contribution in [1.82, 2.24) is 19.4 Å². The lowest BCUT2D eigenvalue weighted by molar-refractivity contribution is 0.0270. The van der Waals surface area contributed by atoms with Gasteiger partial charge in [0.2, 0.25) is 5.95 Å². The van der Waals surface area contributed by atoms with Gasteiger partial charge in [-0.05, 0) is 69.7 Å². The first kappa shape index (κ1) is 27.4. The highest BCUT2D eigenvalue weighted by molar-refractivity contribution is 5.75. The van der Waals surface area contributed by atoms with E-state index in [2.05, 4.69) is 61.4 Å². The van der Waals surface area contributed by atoms with Crippen LogP contribution in [0.4, 0.5) is 10.7 Å². The molecule has 2 atom stereocenters. The molecule has 0 aliphatic carbocycles. The van der Waals surface area contributed by atoms with Crippen molar-refractivity contribution in [2.75, 3.05) is 18.4 Å². The van der Waals surface area contributed by atoms with E-state index < -0.39 is 5.60 Å². The van der Waals surface area contributed by atoms with Crippen LogP contribution in [0.15, 0.2) is 53.5 Å². The summed E-state index contributed by atoms with van der Waals surface area (Å²) in [5.41, 5.74) is 3.57. The highest BCUT2D eigenvalue weighted by atomic mass is 16.6. The molecule has 4 rings (SSSR count). The first-order valence-corrected chi connectivity index (χ1v) is 13.3. The van der Waals surface area contributed by atoms with E-state index in [0.29, 0.717) is 30.6 Å². The quantitative estimate of drug-likeness (QED) is 0.418. The van der Waals surface area contributed by atoms with Gasteiger partial charge < -0.3 is 15.0 Å². The van der Waals surface area contributed by atoms with E-state index in [9.17, 15) is 9.59 Å². The minimum Gasteiger partial charge on any atom is -0.444 e. The molecule has 2 aromatic heterocycles. The molecule has 0 saturated heterocycles. The molecule has 1 aliphatic heterocycles. The van der Waals surface area contributed by atoms with Gasteiger partial charge in [-0.25, -0.2) is 9.78 Å². The Hall–Kier alpha value is -3.68. The van der Waals surface area contributed by atoms with E-state index in [1.165, 1.54) is 5.57 Å². The van der Waals surface area contributed by atoms with Crippen LogP contribution in [-0.4, -0.2) is 44.2 Å². The summed E-state index contributed by atoms with van der Waals surface area (Å²) in [6.45, 7) is 15.1. The lowest BCUT2D eigenvalue weighted by Crippen LogP contribution is -2.39. The van der Waals surface area contributed by atoms with Gasteiger partial charge in [-0.2, -0.15) is 4.98 Å². The Morgan fingerprint density at radius 1 is 1.05 bits per heavy atom. The first-order valence-electron chi connectivity index (χ1n) is 13.3. The summed E-state index contributed by atoms with van der Waals surface area (Å²) >= 11 is 0. The Morgan fingerprint density at radius 2 is 1.76 bits per heavy atom. The number of carbonyl (C=O) groups excluding carboxylic acids is 1. The number of ether oxygens (including phenoxy) is 1. The van der Waals surface area contributed by atoms with Gasteiger partial charge in [0.25, 0.3) is 5.56 Å². The molecule has 1 aromatic carbocycles. The number of hydrogen-bond donors (Lipinski definition) is 1. The standard InChI is InChI=1S/C30H39N5O3/c1-19(2)21(4)35-26(36)13-12-25-18-31-28(33-27(25)35)32-20(3)22-8-10-23(11-9-22)24-14-16-34(17-15-24)29(37)38-30(5,6)7/h8-14,18-21H,15-17H2,1-7H3,(H,31,32,33)/t20-,21-/m0/s1. The molecule has 0 fully saturated rings. The molecule has 8 heteroatoms. The number of anilines is 1. The molecule has 1 N–H and O–H groups in total. The summed E-state index contributed by atoms with van der Waals surface area (Å²) in [5, 5.41) is 4.23. The predicted molar refractivity (Wildman–Crippen MR) is 152 cm³/mol. The molecule has 8 nitrogen and oxygen atoms in total. The van der Waals surface area contributed by atoms with Crippen LogP contribution in [0.1, 0.15) is 78.1 Å². The number of rotatable bonds is 6. The van der Waals surface area contributed by atoms with Crippen molar-refractivity contribution in [1.29, 1.82) is 0 Å². The lowest BCUT2D eigenvalue weighted by Gasteiger charge is -2.29.